The summed E-state index contributed by atoms with van der Waals surface area (Å²) in [5, 5.41) is 22.6. The number of benzene rings is 2. The zero-order valence-electron chi connectivity index (χ0n) is 13.4. The van der Waals surface area contributed by atoms with Gasteiger partial charge in [-0.25, -0.2) is 5.43 Å². The zero-order chi connectivity index (χ0) is 17.0. The molecule has 2 rings (SSSR count). The van der Waals surface area contributed by atoms with Crippen LogP contribution in [0, 0.1) is 0 Å². The smallest absolute Gasteiger partial charge is 0.271 e. The summed E-state index contributed by atoms with van der Waals surface area (Å²) in [4.78, 5) is 12.0. The Hall–Kier alpha value is -2.82. The number of hydrogen-bond donors (Lipinski definition) is 3. The summed E-state index contributed by atoms with van der Waals surface area (Å²) in [5.41, 5.74) is 4.48. The van der Waals surface area contributed by atoms with E-state index in [0.29, 0.717) is 11.1 Å². The van der Waals surface area contributed by atoms with E-state index in [1.165, 1.54) is 24.4 Å². The van der Waals surface area contributed by atoms with Crippen molar-refractivity contribution >= 4 is 12.1 Å². The number of amides is 1. The van der Waals surface area contributed by atoms with Crippen LogP contribution < -0.4 is 5.43 Å². The van der Waals surface area contributed by atoms with E-state index in [1.807, 2.05) is 12.1 Å². The Balaban J connectivity index is 2.03. The second-order valence-corrected chi connectivity index (χ2v) is 6.27. The third-order valence-corrected chi connectivity index (χ3v) is 3.40. The van der Waals surface area contributed by atoms with Gasteiger partial charge in [-0.1, -0.05) is 32.9 Å². The van der Waals surface area contributed by atoms with Crippen molar-refractivity contribution in [3.63, 3.8) is 0 Å². The number of phenols is 2. The molecule has 0 aliphatic carbocycles. The molecule has 0 saturated heterocycles. The van der Waals surface area contributed by atoms with E-state index < -0.39 is 0 Å². The fourth-order valence-corrected chi connectivity index (χ4v) is 1.99. The molecule has 0 atom stereocenters. The highest BCUT2D eigenvalue weighted by Gasteiger charge is 2.14. The predicted molar refractivity (Wildman–Crippen MR) is 90.0 cm³/mol. The molecule has 0 heterocycles. The van der Waals surface area contributed by atoms with Crippen LogP contribution in [0.25, 0.3) is 0 Å². The van der Waals surface area contributed by atoms with Crippen LogP contribution >= 0.6 is 0 Å². The topological polar surface area (TPSA) is 81.9 Å². The van der Waals surface area contributed by atoms with Gasteiger partial charge < -0.3 is 10.2 Å². The van der Waals surface area contributed by atoms with Gasteiger partial charge in [-0.3, -0.25) is 4.79 Å². The minimum Gasteiger partial charge on any atom is -0.508 e. The molecule has 0 radical (unpaired) electrons. The number of hydrogen-bond acceptors (Lipinski definition) is 4. The van der Waals surface area contributed by atoms with Gasteiger partial charge in [-0.2, -0.15) is 5.10 Å². The lowest BCUT2D eigenvalue weighted by atomic mass is 9.87. The van der Waals surface area contributed by atoms with Crippen molar-refractivity contribution in [3.05, 3.63) is 59.2 Å². The predicted octanol–water partition coefficient (Wildman–Crippen LogP) is 3.16. The number of hydrazone groups is 1. The van der Waals surface area contributed by atoms with E-state index in [9.17, 15) is 15.0 Å². The van der Waals surface area contributed by atoms with Crippen LogP contribution in [0.5, 0.6) is 11.5 Å². The molecule has 0 spiro atoms. The molecule has 0 bridgehead atoms. The second-order valence-electron chi connectivity index (χ2n) is 6.27. The average molecular weight is 312 g/mol. The molecule has 0 unspecified atom stereocenters. The van der Waals surface area contributed by atoms with Gasteiger partial charge >= 0.3 is 0 Å². The van der Waals surface area contributed by atoms with Crippen molar-refractivity contribution in [2.24, 2.45) is 5.10 Å². The van der Waals surface area contributed by atoms with Crippen molar-refractivity contribution in [1.29, 1.82) is 0 Å². The Morgan fingerprint density at radius 3 is 2.30 bits per heavy atom. The van der Waals surface area contributed by atoms with Gasteiger partial charge in [0, 0.05) is 17.2 Å². The fourth-order valence-electron chi connectivity index (χ4n) is 1.99. The van der Waals surface area contributed by atoms with Gasteiger partial charge in [0.25, 0.3) is 5.91 Å². The highest BCUT2D eigenvalue weighted by molar-refractivity contribution is 5.95. The molecule has 0 saturated carbocycles. The Bertz CT molecular complexity index is 729. The SMILES string of the molecule is CC(C)(C)c1ccc(C(=O)NN=Cc2ccc(O)cc2O)cc1. The molecule has 5 heteroatoms. The lowest BCUT2D eigenvalue weighted by Gasteiger charge is -2.18. The maximum atomic E-state index is 12.0. The van der Waals surface area contributed by atoms with Gasteiger partial charge in [-0.15, -0.1) is 0 Å². The first kappa shape index (κ1) is 16.5. The highest BCUT2D eigenvalue weighted by Crippen LogP contribution is 2.22. The van der Waals surface area contributed by atoms with Crippen molar-refractivity contribution in [3.8, 4) is 11.5 Å². The first-order chi connectivity index (χ1) is 10.8. The molecule has 1 amide bonds. The monoisotopic (exact) mass is 312 g/mol. The number of carbonyl (C=O) groups excluding carboxylic acids is 1. The number of rotatable bonds is 3. The lowest BCUT2D eigenvalue weighted by molar-refractivity contribution is 0.0955. The summed E-state index contributed by atoms with van der Waals surface area (Å²) in [7, 11) is 0. The molecule has 0 aliphatic heterocycles. The van der Waals surface area contributed by atoms with E-state index in [2.05, 4.69) is 31.3 Å². The van der Waals surface area contributed by atoms with Crippen LogP contribution in [0.1, 0.15) is 42.3 Å². The van der Waals surface area contributed by atoms with E-state index in [0.717, 1.165) is 5.56 Å². The first-order valence-electron chi connectivity index (χ1n) is 7.23. The van der Waals surface area contributed by atoms with Crippen LogP contribution in [0.3, 0.4) is 0 Å². The molecule has 5 nitrogen and oxygen atoms in total. The molecule has 3 N–H and O–H groups in total. The van der Waals surface area contributed by atoms with Gasteiger partial charge in [0.15, 0.2) is 0 Å². The molecule has 120 valence electrons. The molecule has 2 aromatic rings. The van der Waals surface area contributed by atoms with E-state index >= 15 is 0 Å². The zero-order valence-corrected chi connectivity index (χ0v) is 13.4. The van der Waals surface area contributed by atoms with Crippen LogP contribution in [-0.2, 0) is 5.41 Å². The lowest BCUT2D eigenvalue weighted by Crippen LogP contribution is -2.18. The van der Waals surface area contributed by atoms with Crippen molar-refractivity contribution < 1.29 is 15.0 Å². The minimum atomic E-state index is -0.333. The van der Waals surface area contributed by atoms with E-state index in [-0.39, 0.29) is 22.8 Å². The Morgan fingerprint density at radius 1 is 1.09 bits per heavy atom. The number of nitrogens with zero attached hydrogens (tertiary/aromatic N) is 1. The summed E-state index contributed by atoms with van der Waals surface area (Å²) in [6.07, 6.45) is 1.32. The molecular formula is C18H20N2O3. The largest absolute Gasteiger partial charge is 0.508 e. The molecule has 0 aliphatic rings. The third-order valence-electron chi connectivity index (χ3n) is 3.40. The summed E-state index contributed by atoms with van der Waals surface area (Å²) in [6.45, 7) is 6.32. The Labute approximate surface area is 135 Å². The summed E-state index contributed by atoms with van der Waals surface area (Å²) < 4.78 is 0. The van der Waals surface area contributed by atoms with Crippen molar-refractivity contribution in [2.75, 3.05) is 0 Å². The van der Waals surface area contributed by atoms with Gasteiger partial charge in [0.05, 0.1) is 6.21 Å². The standard InChI is InChI=1S/C18H20N2O3/c1-18(2,3)14-7-4-12(5-8-14)17(23)20-19-11-13-6-9-15(21)10-16(13)22/h4-11,21-22H,1-3H3,(H,20,23). The maximum absolute atomic E-state index is 12.0. The fraction of sp³-hybridized carbons (Fsp3) is 0.222. The first-order valence-corrected chi connectivity index (χ1v) is 7.23. The highest BCUT2D eigenvalue weighted by atomic mass is 16.3. The van der Waals surface area contributed by atoms with Crippen molar-refractivity contribution in [2.45, 2.75) is 26.2 Å². The maximum Gasteiger partial charge on any atom is 0.271 e. The minimum absolute atomic E-state index is 0.0313. The second kappa shape index (κ2) is 6.52. The Morgan fingerprint density at radius 2 is 1.74 bits per heavy atom. The van der Waals surface area contributed by atoms with E-state index in [1.54, 1.807) is 12.1 Å². The van der Waals surface area contributed by atoms with E-state index in [4.69, 9.17) is 0 Å². The van der Waals surface area contributed by atoms with Crippen LogP contribution in [-0.4, -0.2) is 22.3 Å². The number of phenolic OH excluding ortho intramolecular Hbond substituents is 2. The molecule has 0 fully saturated rings. The molecule has 0 aromatic heterocycles. The summed E-state index contributed by atoms with van der Waals surface area (Å²) in [6, 6.07) is 11.5. The molecule has 23 heavy (non-hydrogen) atoms. The third kappa shape index (κ3) is 4.32. The summed E-state index contributed by atoms with van der Waals surface area (Å²) >= 11 is 0. The van der Waals surface area contributed by atoms with Gasteiger partial charge in [0.1, 0.15) is 11.5 Å². The van der Waals surface area contributed by atoms with Crippen molar-refractivity contribution in [1.82, 2.24) is 5.43 Å². The van der Waals surface area contributed by atoms with Crippen LogP contribution in [0.15, 0.2) is 47.6 Å². The Kier molecular flexibility index (Phi) is 4.69. The summed E-state index contributed by atoms with van der Waals surface area (Å²) in [5.74, 6) is -0.486. The molecule has 2 aromatic carbocycles. The number of carbonyl (C=O) groups is 1. The number of nitrogens with one attached hydrogen (secondary N) is 1. The number of aromatic hydroxyl groups is 2. The van der Waals surface area contributed by atoms with Crippen LogP contribution in [0.2, 0.25) is 0 Å². The average Bonchev–Trinajstić information content (AvgIpc) is 2.48. The normalized spacial score (nSPS) is 11.6. The van der Waals surface area contributed by atoms with Crippen LogP contribution in [0.4, 0.5) is 0 Å². The quantitative estimate of drug-likeness (QED) is 0.601. The van der Waals surface area contributed by atoms with Gasteiger partial charge in [-0.05, 0) is 35.2 Å². The van der Waals surface area contributed by atoms with Gasteiger partial charge in [0.2, 0.25) is 0 Å². The molecular weight excluding hydrogens is 292 g/mol.